The van der Waals surface area contributed by atoms with Crippen LogP contribution in [-0.4, -0.2) is 16.2 Å². The van der Waals surface area contributed by atoms with Gasteiger partial charge in [0.25, 0.3) is 0 Å². The van der Waals surface area contributed by atoms with E-state index < -0.39 is 0 Å². The van der Waals surface area contributed by atoms with Crippen molar-refractivity contribution in [3.63, 3.8) is 0 Å². The number of hydrogen-bond donors (Lipinski definition) is 1. The fourth-order valence-electron chi connectivity index (χ4n) is 4.36. The van der Waals surface area contributed by atoms with E-state index in [2.05, 4.69) is 56.3 Å². The zero-order chi connectivity index (χ0) is 24.5. The topological polar surface area (TPSA) is 50.5 Å². The minimum Gasteiger partial charge on any atom is -0.491 e. The minimum absolute atomic E-state index is 0.110. The molecule has 5 nitrogen and oxygen atoms in total. The van der Waals surface area contributed by atoms with Crippen LogP contribution in [0.4, 0.5) is 5.69 Å². The Labute approximate surface area is 219 Å². The third-order valence-electron chi connectivity index (χ3n) is 5.89. The van der Waals surface area contributed by atoms with Gasteiger partial charge in [0.2, 0.25) is 0 Å². The second kappa shape index (κ2) is 9.84. The lowest BCUT2D eigenvalue weighted by Gasteiger charge is -2.26. The molecule has 2 aromatic heterocycles. The van der Waals surface area contributed by atoms with Gasteiger partial charge in [-0.25, -0.2) is 0 Å². The molecule has 4 aromatic rings. The van der Waals surface area contributed by atoms with E-state index in [0.29, 0.717) is 5.11 Å². The fourth-order valence-corrected chi connectivity index (χ4v) is 5.39. The SMILES string of the molecule is Cc1ccc(-c2ccc([C@@H]3[C@H](c4ccccn4)NC(=S)N3c3ccc(OC(C)C)cc3)o2)c(Br)c1. The molecule has 0 bridgehead atoms. The molecule has 1 saturated heterocycles. The molecule has 0 amide bonds. The first-order chi connectivity index (χ1) is 16.9. The zero-order valence-electron chi connectivity index (χ0n) is 19.7. The third-order valence-corrected chi connectivity index (χ3v) is 6.86. The highest BCUT2D eigenvalue weighted by atomic mass is 79.9. The second-order valence-corrected chi connectivity index (χ2v) is 10.1. The molecule has 1 N–H and O–H groups in total. The predicted molar refractivity (Wildman–Crippen MR) is 147 cm³/mol. The van der Waals surface area contributed by atoms with E-state index in [1.807, 2.05) is 68.4 Å². The molecule has 1 aliphatic rings. The van der Waals surface area contributed by atoms with Gasteiger partial charge in [0.1, 0.15) is 23.3 Å². The molecule has 178 valence electrons. The van der Waals surface area contributed by atoms with Gasteiger partial charge >= 0.3 is 0 Å². The van der Waals surface area contributed by atoms with Crippen LogP contribution in [0.5, 0.6) is 5.75 Å². The molecule has 5 rings (SSSR count). The number of thiocarbonyl (C=S) groups is 1. The summed E-state index contributed by atoms with van der Waals surface area (Å²) in [7, 11) is 0. The van der Waals surface area contributed by atoms with Crippen LogP contribution in [0, 0.1) is 6.92 Å². The Morgan fingerprint density at radius 1 is 1.06 bits per heavy atom. The number of aryl methyl sites for hydroxylation is 1. The number of ether oxygens (including phenoxy) is 1. The maximum Gasteiger partial charge on any atom is 0.174 e. The molecule has 1 aliphatic heterocycles. The van der Waals surface area contributed by atoms with Gasteiger partial charge < -0.3 is 19.4 Å². The number of rotatable bonds is 6. The Hall–Kier alpha value is -3.16. The molecule has 2 atom stereocenters. The number of benzene rings is 2. The normalized spacial score (nSPS) is 17.6. The zero-order valence-corrected chi connectivity index (χ0v) is 22.1. The first-order valence-electron chi connectivity index (χ1n) is 11.5. The summed E-state index contributed by atoms with van der Waals surface area (Å²) >= 11 is 9.50. The Balaban J connectivity index is 1.56. The number of furan rings is 1. The molecule has 0 unspecified atom stereocenters. The highest BCUT2D eigenvalue weighted by Gasteiger charge is 2.42. The van der Waals surface area contributed by atoms with Crippen molar-refractivity contribution >= 4 is 38.9 Å². The molecule has 2 aromatic carbocycles. The fraction of sp³-hybridized carbons (Fsp3) is 0.214. The van der Waals surface area contributed by atoms with E-state index >= 15 is 0 Å². The number of anilines is 1. The molecular weight excluding hydrogens is 522 g/mol. The van der Waals surface area contributed by atoms with Gasteiger partial charge in [-0.05, 0) is 99.2 Å². The summed E-state index contributed by atoms with van der Waals surface area (Å²) in [6, 6.07) is 23.8. The molecule has 3 heterocycles. The number of halogens is 1. The molecule has 0 radical (unpaired) electrons. The van der Waals surface area contributed by atoms with Crippen LogP contribution in [0.1, 0.15) is 42.9 Å². The molecule has 1 fully saturated rings. The van der Waals surface area contributed by atoms with Crippen LogP contribution in [0.3, 0.4) is 0 Å². The lowest BCUT2D eigenvalue weighted by Crippen LogP contribution is -2.29. The Kier molecular flexibility index (Phi) is 6.62. The summed E-state index contributed by atoms with van der Waals surface area (Å²) in [4.78, 5) is 6.71. The van der Waals surface area contributed by atoms with Crippen molar-refractivity contribution in [1.82, 2.24) is 10.3 Å². The van der Waals surface area contributed by atoms with Crippen LogP contribution >= 0.6 is 28.1 Å². The van der Waals surface area contributed by atoms with Crippen molar-refractivity contribution in [2.45, 2.75) is 39.0 Å². The highest BCUT2D eigenvalue weighted by molar-refractivity contribution is 9.10. The lowest BCUT2D eigenvalue weighted by molar-refractivity contribution is 0.242. The van der Waals surface area contributed by atoms with Crippen LogP contribution < -0.4 is 15.0 Å². The van der Waals surface area contributed by atoms with Crippen molar-refractivity contribution in [3.8, 4) is 17.1 Å². The smallest absolute Gasteiger partial charge is 0.174 e. The summed E-state index contributed by atoms with van der Waals surface area (Å²) < 4.78 is 13.3. The lowest BCUT2D eigenvalue weighted by atomic mass is 10.0. The molecule has 0 saturated carbocycles. The molecule has 7 heteroatoms. The Bertz CT molecular complexity index is 1340. The van der Waals surface area contributed by atoms with Crippen molar-refractivity contribution in [1.29, 1.82) is 0 Å². The van der Waals surface area contributed by atoms with Crippen molar-refractivity contribution in [2.24, 2.45) is 0 Å². The summed E-state index contributed by atoms with van der Waals surface area (Å²) in [6.07, 6.45) is 1.91. The molecule has 0 aliphatic carbocycles. The Morgan fingerprint density at radius 2 is 1.86 bits per heavy atom. The summed E-state index contributed by atoms with van der Waals surface area (Å²) in [6.45, 7) is 6.10. The monoisotopic (exact) mass is 547 g/mol. The third kappa shape index (κ3) is 4.83. The van der Waals surface area contributed by atoms with Gasteiger partial charge in [0.05, 0.1) is 17.8 Å². The maximum atomic E-state index is 6.48. The average Bonchev–Trinajstić information content (AvgIpc) is 3.44. The van der Waals surface area contributed by atoms with E-state index in [0.717, 1.165) is 38.7 Å². The van der Waals surface area contributed by atoms with Gasteiger partial charge in [-0.2, -0.15) is 0 Å². The maximum absolute atomic E-state index is 6.48. The van der Waals surface area contributed by atoms with Crippen molar-refractivity contribution in [2.75, 3.05) is 4.90 Å². The van der Waals surface area contributed by atoms with E-state index in [9.17, 15) is 0 Å². The number of nitrogens with one attached hydrogen (secondary N) is 1. The van der Waals surface area contributed by atoms with Crippen molar-refractivity contribution < 1.29 is 9.15 Å². The van der Waals surface area contributed by atoms with E-state index in [-0.39, 0.29) is 18.2 Å². The average molecular weight is 549 g/mol. The van der Waals surface area contributed by atoms with Gasteiger partial charge in [0.15, 0.2) is 5.11 Å². The minimum atomic E-state index is -0.216. The predicted octanol–water partition coefficient (Wildman–Crippen LogP) is 7.38. The number of pyridine rings is 1. The largest absolute Gasteiger partial charge is 0.491 e. The van der Waals surface area contributed by atoms with Gasteiger partial charge in [-0.15, -0.1) is 0 Å². The first kappa shape index (κ1) is 23.6. The number of aromatic nitrogens is 1. The number of hydrogen-bond acceptors (Lipinski definition) is 4. The van der Waals surface area contributed by atoms with Crippen LogP contribution in [0.25, 0.3) is 11.3 Å². The molecule has 35 heavy (non-hydrogen) atoms. The quantitative estimate of drug-likeness (QED) is 0.254. The van der Waals surface area contributed by atoms with Gasteiger partial charge in [-0.3, -0.25) is 4.98 Å². The van der Waals surface area contributed by atoms with Crippen molar-refractivity contribution in [3.05, 3.63) is 100 Å². The summed E-state index contributed by atoms with van der Waals surface area (Å²) in [5.41, 5.74) is 4.05. The summed E-state index contributed by atoms with van der Waals surface area (Å²) in [5.74, 6) is 2.42. The summed E-state index contributed by atoms with van der Waals surface area (Å²) in [5, 5.41) is 4.10. The van der Waals surface area contributed by atoms with Crippen LogP contribution in [0.15, 0.2) is 87.9 Å². The highest BCUT2D eigenvalue weighted by Crippen LogP contribution is 2.43. The molecular formula is C28H26BrN3O2S. The Morgan fingerprint density at radius 3 is 2.54 bits per heavy atom. The van der Waals surface area contributed by atoms with E-state index in [1.54, 1.807) is 6.20 Å². The van der Waals surface area contributed by atoms with E-state index in [1.165, 1.54) is 5.56 Å². The standard InChI is InChI=1S/C28H26BrN3O2S/c1-17(2)33-20-10-8-19(9-11-20)32-27(26(31-28(32)35)23-6-4-5-15-30-23)25-14-13-24(34-25)21-12-7-18(3)16-22(21)29/h4-17,26-27H,1-3H3,(H,31,35)/t26-,27+/m0/s1. The van der Waals surface area contributed by atoms with Crippen LogP contribution in [-0.2, 0) is 0 Å². The number of nitrogens with zero attached hydrogens (tertiary/aromatic N) is 2. The van der Waals surface area contributed by atoms with E-state index in [4.69, 9.17) is 21.4 Å². The molecule has 0 spiro atoms. The first-order valence-corrected chi connectivity index (χ1v) is 12.7. The second-order valence-electron chi connectivity index (χ2n) is 8.84. The van der Waals surface area contributed by atoms with Gasteiger partial charge in [-0.1, -0.05) is 28.1 Å². The van der Waals surface area contributed by atoms with Gasteiger partial charge in [0, 0.05) is 21.9 Å². The van der Waals surface area contributed by atoms with Crippen LogP contribution in [0.2, 0.25) is 0 Å².